The van der Waals surface area contributed by atoms with Gasteiger partial charge in [-0.25, -0.2) is 4.98 Å². The summed E-state index contributed by atoms with van der Waals surface area (Å²) in [7, 11) is 0. The lowest BCUT2D eigenvalue weighted by molar-refractivity contribution is 0.412. The van der Waals surface area contributed by atoms with Crippen molar-refractivity contribution < 1.29 is 7.85 Å². The Morgan fingerprint density at radius 1 is 0.452 bits per heavy atom. The fraction of sp³-hybridized carbons (Fsp3) is 0.304. The summed E-state index contributed by atoms with van der Waals surface area (Å²) in [5.74, 6) is 0.905. The van der Waals surface area contributed by atoms with E-state index >= 15 is 0 Å². The summed E-state index contributed by atoms with van der Waals surface area (Å²) >= 11 is 0. The second-order valence-corrected chi connectivity index (χ2v) is 25.2. The number of rotatable bonds is 8. The van der Waals surface area contributed by atoms with Gasteiger partial charge in [-0.3, -0.25) is 9.55 Å². The summed E-state index contributed by atoms with van der Waals surface area (Å²) in [6.45, 7) is 32.6. The van der Waals surface area contributed by atoms with E-state index < -0.39 is 11.8 Å². The number of pyridine rings is 1. The van der Waals surface area contributed by atoms with Gasteiger partial charge >= 0.3 is 0 Å². The van der Waals surface area contributed by atoms with Gasteiger partial charge in [0, 0.05) is 31.2 Å². The van der Waals surface area contributed by atoms with Crippen LogP contribution in [0.4, 0.5) is 0 Å². The largest absolute Gasteiger partial charge is 0.507 e. The molecule has 0 atom stereocenters. The van der Waals surface area contributed by atoms with Crippen LogP contribution in [0, 0.1) is 5.41 Å². The van der Waals surface area contributed by atoms with E-state index in [-0.39, 0.29) is 27.4 Å². The van der Waals surface area contributed by atoms with Crippen molar-refractivity contribution in [1.29, 1.82) is 0 Å². The van der Waals surface area contributed by atoms with Crippen LogP contribution < -0.4 is 0 Å². The second-order valence-electron chi connectivity index (χ2n) is 25.2. The number of imidazole rings is 1. The summed E-state index contributed by atoms with van der Waals surface area (Å²) in [6, 6.07) is 55.5. The zero-order valence-corrected chi connectivity index (χ0v) is 45.9. The molecule has 2 aromatic heterocycles. The van der Waals surface area contributed by atoms with E-state index in [1.165, 1.54) is 5.56 Å². The fourth-order valence-corrected chi connectivity index (χ4v) is 9.85. The maximum atomic E-state index is 12.7. The zero-order valence-electron chi connectivity index (χ0n) is 47.9. The molecule has 2 heterocycles. The first-order valence-corrected chi connectivity index (χ1v) is 26.0. The van der Waals surface area contributed by atoms with Crippen molar-refractivity contribution in [3.8, 4) is 78.6 Å². The van der Waals surface area contributed by atoms with Crippen molar-refractivity contribution in [1.82, 2.24) is 14.5 Å². The molecule has 9 aromatic rings. The maximum absolute atomic E-state index is 12.7. The van der Waals surface area contributed by atoms with Gasteiger partial charge in [0.25, 0.3) is 0 Å². The standard InChI is InChI=1S/C69H75N3O/c1-65(2,3)43-50-35-46(29-31-54(50)44-23-18-16-19-24-44)47-33-34-70-59(39-47)49-36-48(37-52(38-49)67(7,8)9)55-27-22-28-61-62(55)71-64(57-41-53(68(10,11)12)42-58(63(57)73)69(13,14)15)72(61)60-32-30-51(66(4,5)6)40-56(60)45-25-20-17-21-26-45/h16-42,73H,43H2,1-15H3/i43D2. The number of hydrogen-bond acceptors (Lipinski definition) is 3. The van der Waals surface area contributed by atoms with Crippen LogP contribution in [-0.2, 0) is 28.0 Å². The minimum absolute atomic E-state index is 0.0991. The molecule has 0 aliphatic heterocycles. The van der Waals surface area contributed by atoms with E-state index in [1.54, 1.807) is 0 Å². The Hall–Kier alpha value is -7.04. The number of aromatic hydroxyl groups is 1. The summed E-state index contributed by atoms with van der Waals surface area (Å²) in [4.78, 5) is 10.8. The van der Waals surface area contributed by atoms with Crippen LogP contribution in [-0.4, -0.2) is 19.6 Å². The number of phenols is 1. The number of benzene rings is 7. The average Bonchev–Trinajstić information content (AvgIpc) is 3.79. The van der Waals surface area contributed by atoms with Crippen molar-refractivity contribution in [3.05, 3.63) is 192 Å². The number of para-hydroxylation sites is 1. The summed E-state index contributed by atoms with van der Waals surface area (Å²) in [5.41, 5.74) is 16.6. The van der Waals surface area contributed by atoms with Crippen molar-refractivity contribution >= 4 is 11.0 Å². The third kappa shape index (κ3) is 10.6. The Bertz CT molecular complexity index is 3590. The lowest BCUT2D eigenvalue weighted by atomic mass is 9.79. The molecule has 9 rings (SSSR count). The van der Waals surface area contributed by atoms with E-state index in [0.717, 1.165) is 89.2 Å². The molecule has 7 aromatic carbocycles. The number of hydrogen-bond donors (Lipinski definition) is 1. The maximum Gasteiger partial charge on any atom is 0.149 e. The van der Waals surface area contributed by atoms with Gasteiger partial charge in [-0.2, -0.15) is 0 Å². The highest BCUT2D eigenvalue weighted by Crippen LogP contribution is 2.47. The minimum atomic E-state index is -1.63. The molecule has 0 aliphatic carbocycles. The van der Waals surface area contributed by atoms with Gasteiger partial charge in [0.05, 0.1) is 28.0 Å². The zero-order chi connectivity index (χ0) is 54.2. The average molecular weight is 964 g/mol. The molecular formula is C69H75N3O. The van der Waals surface area contributed by atoms with Crippen LogP contribution in [0.5, 0.6) is 5.75 Å². The van der Waals surface area contributed by atoms with Gasteiger partial charge in [0.15, 0.2) is 0 Å². The van der Waals surface area contributed by atoms with Gasteiger partial charge in [-0.15, -0.1) is 0 Å². The molecule has 0 bridgehead atoms. The van der Waals surface area contributed by atoms with E-state index in [4.69, 9.17) is 9.97 Å². The van der Waals surface area contributed by atoms with Crippen molar-refractivity contribution in [2.45, 2.75) is 132 Å². The lowest BCUT2D eigenvalue weighted by Crippen LogP contribution is -2.17. The highest BCUT2D eigenvalue weighted by molar-refractivity contribution is 5.98. The van der Waals surface area contributed by atoms with E-state index in [9.17, 15) is 7.85 Å². The lowest BCUT2D eigenvalue weighted by Gasteiger charge is -2.28. The molecule has 0 unspecified atom stereocenters. The van der Waals surface area contributed by atoms with Crippen LogP contribution in [0.3, 0.4) is 0 Å². The summed E-state index contributed by atoms with van der Waals surface area (Å²) in [6.07, 6.45) is 0.237. The van der Waals surface area contributed by atoms with Crippen LogP contribution in [0.15, 0.2) is 164 Å². The molecular weight excluding hydrogens is 887 g/mol. The molecule has 1 N–H and O–H groups in total. The molecule has 0 fully saturated rings. The smallest absolute Gasteiger partial charge is 0.149 e. The monoisotopic (exact) mass is 964 g/mol. The Morgan fingerprint density at radius 3 is 1.66 bits per heavy atom. The van der Waals surface area contributed by atoms with Gasteiger partial charge in [0.2, 0.25) is 0 Å². The number of fused-ring (bicyclic) bond motifs is 1. The van der Waals surface area contributed by atoms with Crippen molar-refractivity contribution in [2.24, 2.45) is 5.41 Å². The van der Waals surface area contributed by atoms with Crippen LogP contribution in [0.25, 0.3) is 83.9 Å². The Balaban J connectivity index is 1.30. The summed E-state index contributed by atoms with van der Waals surface area (Å²) < 4.78 is 21.3. The minimum Gasteiger partial charge on any atom is -0.507 e. The molecule has 4 nitrogen and oxygen atoms in total. The van der Waals surface area contributed by atoms with Gasteiger partial charge in [-0.05, 0) is 138 Å². The number of phenolic OH excluding ortho intramolecular Hbond substituents is 1. The number of nitrogens with zero attached hydrogens (tertiary/aromatic N) is 3. The van der Waals surface area contributed by atoms with E-state index in [2.05, 4.69) is 215 Å². The molecule has 0 spiro atoms. The molecule has 0 saturated carbocycles. The summed E-state index contributed by atoms with van der Waals surface area (Å²) in [5, 5.41) is 12.7. The molecule has 0 aliphatic rings. The second kappa shape index (κ2) is 18.8. The van der Waals surface area contributed by atoms with Crippen LogP contribution in [0.1, 0.15) is 134 Å². The predicted octanol–water partition coefficient (Wildman–Crippen LogP) is 18.9. The number of aromatic nitrogens is 3. The van der Waals surface area contributed by atoms with Gasteiger partial charge in [0.1, 0.15) is 11.6 Å². The molecule has 372 valence electrons. The van der Waals surface area contributed by atoms with E-state index in [0.29, 0.717) is 17.0 Å². The third-order valence-electron chi connectivity index (χ3n) is 14.0. The van der Waals surface area contributed by atoms with E-state index in [1.807, 2.05) is 57.3 Å². The van der Waals surface area contributed by atoms with Crippen molar-refractivity contribution in [3.63, 3.8) is 0 Å². The normalized spacial score (nSPS) is 13.3. The van der Waals surface area contributed by atoms with Gasteiger partial charge < -0.3 is 5.11 Å². The first-order chi connectivity index (χ1) is 35.0. The Labute approximate surface area is 439 Å². The fourth-order valence-electron chi connectivity index (χ4n) is 9.85. The first kappa shape index (κ1) is 48.2. The van der Waals surface area contributed by atoms with Crippen LogP contribution >= 0.6 is 0 Å². The third-order valence-corrected chi connectivity index (χ3v) is 14.0. The molecule has 4 heteroatoms. The highest BCUT2D eigenvalue weighted by Gasteiger charge is 2.30. The molecule has 0 amide bonds. The SMILES string of the molecule is [2H]C([2H])(c1cc(-c2ccnc(-c3cc(-c4cccc5c4nc(-c4cc(C(C)(C)C)cc(C(C)(C)C)c4O)n5-c4ccc(C(C)(C)C)cc4-c4ccccc4)cc(C(C)(C)C)c3)c2)ccc1-c1ccccc1)C(C)(C)C. The molecule has 0 saturated heterocycles. The highest BCUT2D eigenvalue weighted by atomic mass is 16.3. The van der Waals surface area contributed by atoms with Gasteiger partial charge in [-0.1, -0.05) is 213 Å². The topological polar surface area (TPSA) is 50.9 Å². The Kier molecular flexibility index (Phi) is 12.4. The predicted molar refractivity (Wildman–Crippen MR) is 311 cm³/mol. The van der Waals surface area contributed by atoms with Crippen LogP contribution in [0.2, 0.25) is 0 Å². The first-order valence-electron chi connectivity index (χ1n) is 27.0. The Morgan fingerprint density at radius 2 is 1.04 bits per heavy atom. The molecule has 73 heavy (non-hydrogen) atoms. The quantitative estimate of drug-likeness (QED) is 0.165. The van der Waals surface area contributed by atoms with Crippen molar-refractivity contribution in [2.75, 3.05) is 0 Å². The molecule has 0 radical (unpaired) electrons.